The van der Waals surface area contributed by atoms with Crippen LogP contribution in [-0.4, -0.2) is 32.5 Å². The predicted octanol–water partition coefficient (Wildman–Crippen LogP) is 3.38. The van der Waals surface area contributed by atoms with Gasteiger partial charge in [-0.05, 0) is 37.5 Å². The van der Waals surface area contributed by atoms with E-state index < -0.39 is 0 Å². The number of rotatable bonds is 4. The van der Waals surface area contributed by atoms with Crippen molar-refractivity contribution in [2.75, 3.05) is 13.1 Å². The number of aromatic amines is 1. The van der Waals surface area contributed by atoms with Crippen molar-refractivity contribution in [3.05, 3.63) is 76.5 Å². The maximum atomic E-state index is 12.6. The van der Waals surface area contributed by atoms with E-state index in [0.29, 0.717) is 0 Å². The molecule has 1 aromatic carbocycles. The van der Waals surface area contributed by atoms with Crippen molar-refractivity contribution in [3.63, 3.8) is 0 Å². The molecule has 5 heteroatoms. The highest BCUT2D eigenvalue weighted by Gasteiger charge is 2.25. The summed E-state index contributed by atoms with van der Waals surface area (Å²) in [6.07, 6.45) is 3.74. The molecule has 3 heterocycles. The number of nitrogens with zero attached hydrogens (tertiary/aromatic N) is 3. The number of piperidine rings is 1. The summed E-state index contributed by atoms with van der Waals surface area (Å²) in [6, 6.07) is 16.6. The summed E-state index contributed by atoms with van der Waals surface area (Å²) >= 11 is 0. The summed E-state index contributed by atoms with van der Waals surface area (Å²) in [5.41, 5.74) is 3.96. The van der Waals surface area contributed by atoms with E-state index in [1.807, 2.05) is 29.7 Å². The summed E-state index contributed by atoms with van der Waals surface area (Å²) in [7, 11) is 0. The normalized spacial score (nSPS) is 16.0. The Morgan fingerprint density at radius 2 is 1.81 bits per heavy atom. The molecule has 0 aliphatic carbocycles. The molecule has 0 spiro atoms. The van der Waals surface area contributed by atoms with E-state index in [-0.39, 0.29) is 11.7 Å². The van der Waals surface area contributed by atoms with Crippen LogP contribution in [0.1, 0.15) is 30.1 Å². The molecule has 5 nitrogen and oxygen atoms in total. The molecule has 1 aliphatic rings. The van der Waals surface area contributed by atoms with Crippen LogP contribution in [0.15, 0.2) is 59.5 Å². The van der Waals surface area contributed by atoms with E-state index in [4.69, 9.17) is 0 Å². The first kappa shape index (κ1) is 16.8. The zero-order valence-electron chi connectivity index (χ0n) is 15.1. The van der Waals surface area contributed by atoms with Gasteiger partial charge in [0.15, 0.2) is 0 Å². The average molecular weight is 348 g/mol. The summed E-state index contributed by atoms with van der Waals surface area (Å²) in [5.74, 6) is 0. The van der Waals surface area contributed by atoms with Crippen LogP contribution in [0, 0.1) is 6.92 Å². The third-order valence-electron chi connectivity index (χ3n) is 5.27. The average Bonchev–Trinajstić information content (AvgIpc) is 2.98. The second-order valence-corrected chi connectivity index (χ2v) is 6.97. The maximum absolute atomic E-state index is 12.6. The molecule has 0 unspecified atom stereocenters. The fourth-order valence-corrected chi connectivity index (χ4v) is 3.91. The lowest BCUT2D eigenvalue weighted by Crippen LogP contribution is -2.37. The molecule has 3 aromatic rings. The second-order valence-electron chi connectivity index (χ2n) is 6.97. The van der Waals surface area contributed by atoms with Crippen LogP contribution in [0.3, 0.4) is 0 Å². The largest absolute Gasteiger partial charge is 0.326 e. The Balaban J connectivity index is 1.48. The number of aromatic nitrogens is 3. The van der Waals surface area contributed by atoms with E-state index in [1.54, 1.807) is 6.20 Å². The first-order valence-electron chi connectivity index (χ1n) is 9.21. The van der Waals surface area contributed by atoms with Crippen LogP contribution in [0.25, 0.3) is 11.4 Å². The number of pyridine rings is 1. The lowest BCUT2D eigenvalue weighted by atomic mass is 10.0. The molecule has 0 atom stereocenters. The molecule has 0 bridgehead atoms. The monoisotopic (exact) mass is 348 g/mol. The minimum Gasteiger partial charge on any atom is -0.304 e. The Labute approximate surface area is 153 Å². The quantitative estimate of drug-likeness (QED) is 0.786. The lowest BCUT2D eigenvalue weighted by molar-refractivity contribution is 0.177. The number of nitrogens with one attached hydrogen (secondary N) is 1. The van der Waals surface area contributed by atoms with Gasteiger partial charge in [-0.3, -0.25) is 14.5 Å². The zero-order chi connectivity index (χ0) is 17.9. The van der Waals surface area contributed by atoms with Gasteiger partial charge in [0, 0.05) is 37.6 Å². The van der Waals surface area contributed by atoms with Crippen molar-refractivity contribution < 1.29 is 0 Å². The van der Waals surface area contributed by atoms with Crippen LogP contribution in [-0.2, 0) is 6.54 Å². The number of imidazole rings is 1. The summed E-state index contributed by atoms with van der Waals surface area (Å²) < 4.78 is 1.93. The van der Waals surface area contributed by atoms with Crippen LogP contribution in [0.2, 0.25) is 0 Å². The van der Waals surface area contributed by atoms with Gasteiger partial charge in [0.05, 0.1) is 11.4 Å². The van der Waals surface area contributed by atoms with Gasteiger partial charge >= 0.3 is 5.69 Å². The molecule has 1 saturated heterocycles. The third-order valence-corrected chi connectivity index (χ3v) is 5.27. The Bertz CT molecular complexity index is 906. The van der Waals surface area contributed by atoms with Crippen molar-refractivity contribution in [3.8, 4) is 11.4 Å². The van der Waals surface area contributed by atoms with Gasteiger partial charge in [-0.15, -0.1) is 0 Å². The van der Waals surface area contributed by atoms with Gasteiger partial charge < -0.3 is 4.98 Å². The molecule has 0 amide bonds. The first-order chi connectivity index (χ1) is 12.7. The molecule has 0 saturated carbocycles. The smallest absolute Gasteiger partial charge is 0.304 e. The number of H-pyrrole nitrogens is 1. The minimum atomic E-state index is -0.0235. The van der Waals surface area contributed by atoms with Gasteiger partial charge in [-0.25, -0.2) is 4.79 Å². The SMILES string of the molecule is Cc1c(-c2ccccn2)[nH]c(=O)n1C1CCN(Cc2ccccc2)CC1. The zero-order valence-corrected chi connectivity index (χ0v) is 15.1. The highest BCUT2D eigenvalue weighted by atomic mass is 16.1. The van der Waals surface area contributed by atoms with Crippen molar-refractivity contribution in [2.45, 2.75) is 32.4 Å². The Morgan fingerprint density at radius 1 is 1.08 bits per heavy atom. The molecular weight excluding hydrogens is 324 g/mol. The molecule has 0 radical (unpaired) electrons. The van der Waals surface area contributed by atoms with Gasteiger partial charge in [0.1, 0.15) is 0 Å². The summed E-state index contributed by atoms with van der Waals surface area (Å²) in [4.78, 5) is 22.4. The Kier molecular flexibility index (Phi) is 4.71. The van der Waals surface area contributed by atoms with Crippen molar-refractivity contribution >= 4 is 0 Å². The second kappa shape index (κ2) is 7.30. The van der Waals surface area contributed by atoms with Crippen LogP contribution in [0.5, 0.6) is 0 Å². The lowest BCUT2D eigenvalue weighted by Gasteiger charge is -2.32. The molecule has 1 aliphatic heterocycles. The Morgan fingerprint density at radius 3 is 2.50 bits per heavy atom. The van der Waals surface area contributed by atoms with E-state index in [1.165, 1.54) is 5.56 Å². The minimum absolute atomic E-state index is 0.0235. The molecular formula is C21H24N4O. The molecule has 134 valence electrons. The van der Waals surface area contributed by atoms with Gasteiger partial charge in [0.25, 0.3) is 0 Å². The summed E-state index contributed by atoms with van der Waals surface area (Å²) in [6.45, 7) is 5.01. The summed E-state index contributed by atoms with van der Waals surface area (Å²) in [5, 5.41) is 0. The van der Waals surface area contributed by atoms with Gasteiger partial charge in [-0.1, -0.05) is 36.4 Å². The van der Waals surface area contributed by atoms with Crippen molar-refractivity contribution in [1.29, 1.82) is 0 Å². The van der Waals surface area contributed by atoms with Gasteiger partial charge in [-0.2, -0.15) is 0 Å². The molecule has 26 heavy (non-hydrogen) atoms. The highest BCUT2D eigenvalue weighted by molar-refractivity contribution is 5.56. The van der Waals surface area contributed by atoms with Crippen LogP contribution in [0.4, 0.5) is 0 Å². The molecule has 1 fully saturated rings. The fraction of sp³-hybridized carbons (Fsp3) is 0.333. The van der Waals surface area contributed by atoms with Crippen molar-refractivity contribution in [2.24, 2.45) is 0 Å². The third kappa shape index (κ3) is 3.35. The van der Waals surface area contributed by atoms with E-state index in [2.05, 4.69) is 45.2 Å². The van der Waals surface area contributed by atoms with Crippen LogP contribution >= 0.6 is 0 Å². The number of benzene rings is 1. The van der Waals surface area contributed by atoms with E-state index in [0.717, 1.165) is 49.6 Å². The molecule has 4 rings (SSSR count). The van der Waals surface area contributed by atoms with Gasteiger partial charge in [0.2, 0.25) is 0 Å². The van der Waals surface area contributed by atoms with Crippen molar-refractivity contribution in [1.82, 2.24) is 19.4 Å². The first-order valence-corrected chi connectivity index (χ1v) is 9.21. The highest BCUT2D eigenvalue weighted by Crippen LogP contribution is 2.26. The molecule has 1 N–H and O–H groups in total. The maximum Gasteiger partial charge on any atom is 0.326 e. The predicted molar refractivity (Wildman–Crippen MR) is 103 cm³/mol. The van der Waals surface area contributed by atoms with Crippen LogP contribution < -0.4 is 5.69 Å². The molecule has 2 aromatic heterocycles. The topological polar surface area (TPSA) is 53.9 Å². The number of hydrogen-bond acceptors (Lipinski definition) is 3. The fourth-order valence-electron chi connectivity index (χ4n) is 3.91. The Hall–Kier alpha value is -2.66. The van der Waals surface area contributed by atoms with E-state index in [9.17, 15) is 4.79 Å². The van der Waals surface area contributed by atoms with E-state index >= 15 is 0 Å². The number of hydrogen-bond donors (Lipinski definition) is 1. The number of likely N-dealkylation sites (tertiary alicyclic amines) is 1. The standard InChI is InChI=1S/C21H24N4O/c1-16-20(19-9-5-6-12-22-19)23-21(26)25(16)18-10-13-24(14-11-18)15-17-7-3-2-4-8-17/h2-9,12,18H,10-11,13-15H2,1H3,(H,23,26).